The molecule has 4 unspecified atom stereocenters. The summed E-state index contributed by atoms with van der Waals surface area (Å²) in [4.78, 5) is 51.4. The van der Waals surface area contributed by atoms with Gasteiger partial charge in [-0.2, -0.15) is 0 Å². The van der Waals surface area contributed by atoms with Crippen LogP contribution in [0.5, 0.6) is 0 Å². The molecule has 0 aliphatic carbocycles. The van der Waals surface area contributed by atoms with Crippen molar-refractivity contribution in [1.29, 1.82) is 0 Å². The van der Waals surface area contributed by atoms with Crippen LogP contribution >= 0.6 is 0 Å². The number of nitrogens with zero attached hydrogens (tertiary/aromatic N) is 1. The molecule has 190 valence electrons. The Morgan fingerprint density at radius 2 is 1.83 bits per heavy atom. The molecule has 13 nitrogen and oxygen atoms in total. The average Bonchev–Trinajstić information content (AvgIpc) is 2.82. The first-order valence-corrected chi connectivity index (χ1v) is 10.8. The Morgan fingerprint density at radius 1 is 1.14 bits per heavy atom. The van der Waals surface area contributed by atoms with E-state index < -0.39 is 72.9 Å². The molecule has 13 heteroatoms. The van der Waals surface area contributed by atoms with Crippen molar-refractivity contribution in [3.8, 4) is 0 Å². The van der Waals surface area contributed by atoms with Crippen molar-refractivity contribution in [2.45, 2.75) is 56.6 Å². The van der Waals surface area contributed by atoms with Gasteiger partial charge in [-0.1, -0.05) is 30.3 Å². The van der Waals surface area contributed by atoms with Crippen LogP contribution in [-0.2, 0) is 27.3 Å². The zero-order chi connectivity index (χ0) is 25.7. The number of hydrogen-bond donors (Lipinski definition) is 7. The predicted octanol–water partition coefficient (Wildman–Crippen LogP) is -3.51. The lowest BCUT2D eigenvalue weighted by Gasteiger charge is -2.40. The number of aromatic nitrogens is 2. The number of H-pyrrole nitrogens is 1. The number of benzene rings is 1. The van der Waals surface area contributed by atoms with Crippen LogP contribution in [0.2, 0.25) is 0 Å². The van der Waals surface area contributed by atoms with Crippen molar-refractivity contribution in [3.63, 3.8) is 0 Å². The van der Waals surface area contributed by atoms with E-state index in [-0.39, 0.29) is 12.0 Å². The number of carbonyl (C=O) groups is 2. The summed E-state index contributed by atoms with van der Waals surface area (Å²) >= 11 is 0. The molecule has 2 aromatic rings. The summed E-state index contributed by atoms with van der Waals surface area (Å²) in [6, 6.07) is 6.06. The minimum Gasteiger partial charge on any atom is -0.394 e. The van der Waals surface area contributed by atoms with Crippen LogP contribution in [0, 0.1) is 6.92 Å². The summed E-state index contributed by atoms with van der Waals surface area (Å²) in [5.74, 6) is -1.51. The van der Waals surface area contributed by atoms with E-state index in [0.29, 0.717) is 5.56 Å². The molecule has 1 aromatic carbocycles. The fourth-order valence-corrected chi connectivity index (χ4v) is 3.71. The van der Waals surface area contributed by atoms with Crippen LogP contribution in [-0.4, -0.2) is 85.1 Å². The smallest absolute Gasteiger partial charge is 0.328 e. The lowest BCUT2D eigenvalue weighted by atomic mass is 9.96. The summed E-state index contributed by atoms with van der Waals surface area (Å²) < 4.78 is 6.03. The Balaban J connectivity index is 1.77. The third-order valence-electron chi connectivity index (χ3n) is 5.65. The Labute approximate surface area is 199 Å². The fraction of sp³-hybridized carbons (Fsp3) is 0.455. The van der Waals surface area contributed by atoms with E-state index in [2.05, 4.69) is 15.6 Å². The van der Waals surface area contributed by atoms with Gasteiger partial charge in [-0.05, 0) is 12.5 Å². The standard InChI is InChI=1S/C22H28N4O9/c1-11-8-26(22(34)25-19(11)31)9-15(28)23-13(7-12-5-3-2-4-6-12)20(32)24-16-18(30)17(29)14(10-27)35-21(16)33/h2-6,8,13-14,16-18,21,27,29-30,33H,7,9-10H2,1H3,(H,23,28)(H,24,32)(H,25,31,34)/t13?,14?,16-,17-,18?,21?/m1/s1. The summed E-state index contributed by atoms with van der Waals surface area (Å²) in [6.45, 7) is 0.326. The maximum atomic E-state index is 13.1. The second-order valence-corrected chi connectivity index (χ2v) is 8.27. The summed E-state index contributed by atoms with van der Waals surface area (Å²) in [6.07, 6.45) is -4.96. The summed E-state index contributed by atoms with van der Waals surface area (Å²) in [5, 5.41) is 44.6. The minimum absolute atomic E-state index is 0.0273. The van der Waals surface area contributed by atoms with E-state index in [1.165, 1.54) is 13.1 Å². The van der Waals surface area contributed by atoms with Gasteiger partial charge in [0.2, 0.25) is 11.8 Å². The predicted molar refractivity (Wildman–Crippen MR) is 120 cm³/mol. The van der Waals surface area contributed by atoms with Crippen molar-refractivity contribution in [2.24, 2.45) is 0 Å². The SMILES string of the molecule is Cc1cn(CC(=O)NC(Cc2ccccc2)C(=O)N[C@H]2C(O)OC(CO)[C@@H](O)C2O)c(=O)[nH]c1=O. The maximum Gasteiger partial charge on any atom is 0.328 e. The van der Waals surface area contributed by atoms with Crippen LogP contribution in [0.15, 0.2) is 46.1 Å². The van der Waals surface area contributed by atoms with E-state index >= 15 is 0 Å². The van der Waals surface area contributed by atoms with Crippen molar-refractivity contribution in [1.82, 2.24) is 20.2 Å². The molecule has 1 fully saturated rings. The first-order chi connectivity index (χ1) is 16.6. The minimum atomic E-state index is -1.73. The van der Waals surface area contributed by atoms with Gasteiger partial charge >= 0.3 is 5.69 Å². The van der Waals surface area contributed by atoms with Crippen molar-refractivity contribution >= 4 is 11.8 Å². The number of nitrogens with one attached hydrogen (secondary N) is 3. The van der Waals surface area contributed by atoms with Crippen molar-refractivity contribution < 1.29 is 34.8 Å². The topological polar surface area (TPSA) is 203 Å². The number of rotatable bonds is 8. The van der Waals surface area contributed by atoms with E-state index in [1.54, 1.807) is 30.3 Å². The van der Waals surface area contributed by atoms with Crippen LogP contribution in [0.4, 0.5) is 0 Å². The van der Waals surface area contributed by atoms with Crippen molar-refractivity contribution in [3.05, 3.63) is 68.5 Å². The van der Waals surface area contributed by atoms with Gasteiger partial charge in [0.1, 0.15) is 36.9 Å². The number of carbonyl (C=O) groups excluding carboxylic acids is 2. The van der Waals surface area contributed by atoms with Gasteiger partial charge in [0.15, 0.2) is 6.29 Å². The van der Waals surface area contributed by atoms with Gasteiger partial charge in [0.05, 0.1) is 6.61 Å². The first-order valence-electron chi connectivity index (χ1n) is 10.8. The normalized spacial score (nSPS) is 25.0. The van der Waals surface area contributed by atoms with Crippen molar-refractivity contribution in [2.75, 3.05) is 6.61 Å². The molecule has 1 aromatic heterocycles. The van der Waals surface area contributed by atoms with Crippen LogP contribution < -0.4 is 21.9 Å². The van der Waals surface area contributed by atoms with Gasteiger partial charge in [-0.25, -0.2) is 4.79 Å². The van der Waals surface area contributed by atoms with E-state index in [1.807, 2.05) is 0 Å². The number of hydrogen-bond acceptors (Lipinski definition) is 9. The lowest BCUT2D eigenvalue weighted by molar-refractivity contribution is -0.254. The molecule has 0 saturated carbocycles. The molecular weight excluding hydrogens is 464 g/mol. The quantitative estimate of drug-likeness (QED) is 0.195. The molecule has 35 heavy (non-hydrogen) atoms. The number of aliphatic hydroxyl groups is 4. The van der Waals surface area contributed by atoms with Gasteiger partial charge in [-0.3, -0.25) is 23.9 Å². The van der Waals surface area contributed by atoms with E-state index in [4.69, 9.17) is 4.74 Å². The molecule has 7 N–H and O–H groups in total. The number of aliphatic hydroxyl groups excluding tert-OH is 4. The first kappa shape index (κ1) is 26.2. The summed E-state index contributed by atoms with van der Waals surface area (Å²) in [7, 11) is 0. The van der Waals surface area contributed by atoms with Gasteiger partial charge in [-0.15, -0.1) is 0 Å². The van der Waals surface area contributed by atoms with Gasteiger partial charge < -0.3 is 35.8 Å². The average molecular weight is 492 g/mol. The van der Waals surface area contributed by atoms with E-state index in [9.17, 15) is 39.6 Å². The monoisotopic (exact) mass is 492 g/mol. The number of aryl methyl sites for hydroxylation is 1. The van der Waals surface area contributed by atoms with Gasteiger partial charge in [0.25, 0.3) is 5.56 Å². The zero-order valence-electron chi connectivity index (χ0n) is 18.8. The third kappa shape index (κ3) is 6.41. The molecule has 3 rings (SSSR count). The van der Waals surface area contributed by atoms with Crippen LogP contribution in [0.25, 0.3) is 0 Å². The maximum absolute atomic E-state index is 13.1. The Morgan fingerprint density at radius 3 is 2.49 bits per heavy atom. The Bertz CT molecular complexity index is 1150. The van der Waals surface area contributed by atoms with Crippen LogP contribution in [0.1, 0.15) is 11.1 Å². The Hall–Kier alpha value is -3.36. The third-order valence-corrected chi connectivity index (χ3v) is 5.65. The molecule has 6 atom stereocenters. The second kappa shape index (κ2) is 11.4. The highest BCUT2D eigenvalue weighted by Crippen LogP contribution is 2.20. The molecule has 0 radical (unpaired) electrons. The molecule has 0 spiro atoms. The molecule has 2 heterocycles. The molecule has 1 aliphatic rings. The Kier molecular flexibility index (Phi) is 8.53. The largest absolute Gasteiger partial charge is 0.394 e. The van der Waals surface area contributed by atoms with Gasteiger partial charge in [0, 0.05) is 18.2 Å². The molecule has 2 amide bonds. The molecule has 1 saturated heterocycles. The number of ether oxygens (including phenoxy) is 1. The molecule has 1 aliphatic heterocycles. The highest BCUT2D eigenvalue weighted by Gasteiger charge is 2.44. The molecule has 0 bridgehead atoms. The number of amides is 2. The summed E-state index contributed by atoms with van der Waals surface area (Å²) in [5.41, 5.74) is -0.467. The fourth-order valence-electron chi connectivity index (χ4n) is 3.71. The zero-order valence-corrected chi connectivity index (χ0v) is 18.8. The van der Waals surface area contributed by atoms with E-state index in [0.717, 1.165) is 4.57 Å². The highest BCUT2D eigenvalue weighted by atomic mass is 16.6. The van der Waals surface area contributed by atoms with Crippen LogP contribution in [0.3, 0.4) is 0 Å². The highest BCUT2D eigenvalue weighted by molar-refractivity contribution is 5.88. The second-order valence-electron chi connectivity index (χ2n) is 8.27. The lowest BCUT2D eigenvalue weighted by Crippen LogP contribution is -2.66. The molecular formula is C22H28N4O9. The number of aromatic amines is 1.